The van der Waals surface area contributed by atoms with Gasteiger partial charge in [-0.15, -0.1) is 0 Å². The highest BCUT2D eigenvalue weighted by Crippen LogP contribution is 2.28. The molecule has 0 bridgehead atoms. The number of hydrogen-bond donors (Lipinski definition) is 1. The van der Waals surface area contributed by atoms with E-state index in [2.05, 4.69) is 24.4 Å². The monoisotopic (exact) mass is 400 g/mol. The van der Waals surface area contributed by atoms with Crippen LogP contribution in [0.3, 0.4) is 0 Å². The minimum atomic E-state index is -0.700. The van der Waals surface area contributed by atoms with Crippen LogP contribution in [0.15, 0.2) is 28.7 Å². The largest absolute Gasteiger partial charge is 0.462 e. The van der Waals surface area contributed by atoms with Gasteiger partial charge in [-0.1, -0.05) is 31.2 Å². The lowest BCUT2D eigenvalue weighted by atomic mass is 10.1. The molecule has 1 aromatic heterocycles. The molecule has 29 heavy (non-hydrogen) atoms. The van der Waals surface area contributed by atoms with Crippen molar-refractivity contribution in [1.82, 2.24) is 4.90 Å². The first kappa shape index (κ1) is 22.4. The highest BCUT2D eigenvalue weighted by atomic mass is 16.5. The van der Waals surface area contributed by atoms with Gasteiger partial charge >= 0.3 is 5.97 Å². The smallest absolute Gasteiger partial charge is 0.344 e. The Morgan fingerprint density at radius 1 is 1.07 bits per heavy atom. The zero-order valence-corrected chi connectivity index (χ0v) is 17.6. The summed E-state index contributed by atoms with van der Waals surface area (Å²) in [4.78, 5) is 38.6. The third-order valence-corrected chi connectivity index (χ3v) is 4.47. The summed E-state index contributed by atoms with van der Waals surface area (Å²) in [6.07, 6.45) is 0.978. The van der Waals surface area contributed by atoms with Crippen LogP contribution in [0.2, 0.25) is 0 Å². The number of ketones is 1. The molecule has 0 saturated carbocycles. The van der Waals surface area contributed by atoms with Crippen LogP contribution in [0, 0.1) is 6.92 Å². The molecule has 7 heteroatoms. The molecule has 0 radical (unpaired) electrons. The Kier molecular flexibility index (Phi) is 7.73. The maximum absolute atomic E-state index is 12.5. The Morgan fingerprint density at radius 2 is 1.69 bits per heavy atom. The van der Waals surface area contributed by atoms with E-state index >= 15 is 0 Å². The van der Waals surface area contributed by atoms with Gasteiger partial charge in [-0.3, -0.25) is 19.8 Å². The molecule has 7 nitrogen and oxygen atoms in total. The molecule has 0 saturated heterocycles. The molecule has 0 spiro atoms. The molecular formula is C22H28N2O5. The summed E-state index contributed by atoms with van der Waals surface area (Å²) in [6, 6.07) is 8.23. The molecule has 156 valence electrons. The summed E-state index contributed by atoms with van der Waals surface area (Å²) in [7, 11) is 1.83. The summed E-state index contributed by atoms with van der Waals surface area (Å²) in [5.74, 6) is -1.18. The minimum absolute atomic E-state index is 0.0389. The number of likely N-dealkylation sites (N-methyl/N-ethyl adjacent to an activating group) is 1. The van der Waals surface area contributed by atoms with Crippen LogP contribution in [0.1, 0.15) is 58.4 Å². The van der Waals surface area contributed by atoms with Gasteiger partial charge in [0.2, 0.25) is 11.8 Å². The van der Waals surface area contributed by atoms with Crippen molar-refractivity contribution in [3.63, 3.8) is 0 Å². The van der Waals surface area contributed by atoms with E-state index in [9.17, 15) is 14.4 Å². The van der Waals surface area contributed by atoms with Crippen LogP contribution >= 0.6 is 0 Å². The third kappa shape index (κ3) is 5.77. The number of esters is 1. The SMILES string of the molecule is CCOC(=O)c1c(NC(=O)CN(C)Cc2ccc(CC)cc2)oc(C)c1C(C)=O. The highest BCUT2D eigenvalue weighted by molar-refractivity contribution is 6.10. The summed E-state index contributed by atoms with van der Waals surface area (Å²) in [5.41, 5.74) is 2.44. The number of Topliss-reactive ketones (excluding diaryl/α,β-unsaturated/α-hetero) is 1. The topological polar surface area (TPSA) is 88.8 Å². The van der Waals surface area contributed by atoms with Gasteiger partial charge in [0.15, 0.2) is 5.78 Å². The number of carbonyl (C=O) groups excluding carboxylic acids is 3. The third-order valence-electron chi connectivity index (χ3n) is 4.47. The maximum atomic E-state index is 12.5. The fourth-order valence-corrected chi connectivity index (χ4v) is 3.11. The van der Waals surface area contributed by atoms with E-state index in [0.29, 0.717) is 6.54 Å². The number of nitrogens with zero attached hydrogens (tertiary/aromatic N) is 1. The Morgan fingerprint density at radius 3 is 2.24 bits per heavy atom. The number of aryl methyl sites for hydroxylation is 2. The molecule has 0 aliphatic rings. The number of furan rings is 1. The van der Waals surface area contributed by atoms with Gasteiger partial charge in [-0.05, 0) is 45.4 Å². The van der Waals surface area contributed by atoms with Crippen LogP contribution in [0.4, 0.5) is 5.88 Å². The Hall–Kier alpha value is -2.93. The number of hydrogen-bond acceptors (Lipinski definition) is 6. The minimum Gasteiger partial charge on any atom is -0.462 e. The normalized spacial score (nSPS) is 10.8. The molecule has 2 aromatic rings. The molecule has 0 atom stereocenters. The number of ether oxygens (including phenoxy) is 1. The predicted molar refractivity (Wildman–Crippen MR) is 110 cm³/mol. The average molecular weight is 400 g/mol. The highest BCUT2D eigenvalue weighted by Gasteiger charge is 2.28. The first-order valence-corrected chi connectivity index (χ1v) is 9.64. The van der Waals surface area contributed by atoms with Crippen molar-refractivity contribution in [2.75, 3.05) is 25.5 Å². The van der Waals surface area contributed by atoms with Crippen LogP contribution in [-0.2, 0) is 22.5 Å². The second-order valence-electron chi connectivity index (χ2n) is 6.90. The fourth-order valence-electron chi connectivity index (χ4n) is 3.11. The second-order valence-corrected chi connectivity index (χ2v) is 6.90. The van der Waals surface area contributed by atoms with Crippen molar-refractivity contribution in [3.8, 4) is 0 Å². The summed E-state index contributed by atoms with van der Waals surface area (Å²) in [5, 5.41) is 2.60. The lowest BCUT2D eigenvalue weighted by molar-refractivity contribution is -0.117. The molecule has 0 aliphatic carbocycles. The van der Waals surface area contributed by atoms with Crippen LogP contribution in [0.25, 0.3) is 0 Å². The quantitative estimate of drug-likeness (QED) is 0.511. The number of amides is 1. The second kappa shape index (κ2) is 10.0. The first-order valence-electron chi connectivity index (χ1n) is 9.64. The number of benzene rings is 1. The van der Waals surface area contributed by atoms with Gasteiger partial charge in [-0.25, -0.2) is 4.79 Å². The Bertz CT molecular complexity index is 883. The molecule has 1 aromatic carbocycles. The molecular weight excluding hydrogens is 372 g/mol. The van der Waals surface area contributed by atoms with E-state index in [1.165, 1.54) is 12.5 Å². The van der Waals surface area contributed by atoms with E-state index in [-0.39, 0.29) is 47.6 Å². The molecule has 1 heterocycles. The van der Waals surface area contributed by atoms with E-state index in [1.807, 2.05) is 24.1 Å². The van der Waals surface area contributed by atoms with Gasteiger partial charge in [0.25, 0.3) is 0 Å². The molecule has 1 amide bonds. The summed E-state index contributed by atoms with van der Waals surface area (Å²) >= 11 is 0. The van der Waals surface area contributed by atoms with Crippen molar-refractivity contribution < 1.29 is 23.5 Å². The lowest BCUT2D eigenvalue weighted by Crippen LogP contribution is -2.30. The van der Waals surface area contributed by atoms with Gasteiger partial charge in [0.05, 0.1) is 18.7 Å². The lowest BCUT2D eigenvalue weighted by Gasteiger charge is -2.16. The zero-order valence-electron chi connectivity index (χ0n) is 17.6. The molecule has 0 fully saturated rings. The number of anilines is 1. The summed E-state index contributed by atoms with van der Waals surface area (Å²) in [6.45, 7) is 7.51. The maximum Gasteiger partial charge on any atom is 0.344 e. The van der Waals surface area contributed by atoms with Gasteiger partial charge in [-0.2, -0.15) is 0 Å². The Labute approximate surface area is 171 Å². The predicted octanol–water partition coefficient (Wildman–Crippen LogP) is 3.60. The number of carbonyl (C=O) groups is 3. The van der Waals surface area contributed by atoms with Crippen LogP contribution < -0.4 is 5.32 Å². The van der Waals surface area contributed by atoms with Crippen molar-refractivity contribution >= 4 is 23.5 Å². The van der Waals surface area contributed by atoms with Gasteiger partial charge in [0, 0.05) is 6.54 Å². The van der Waals surface area contributed by atoms with E-state index in [1.54, 1.807) is 13.8 Å². The van der Waals surface area contributed by atoms with Gasteiger partial charge in [0.1, 0.15) is 11.3 Å². The van der Waals surface area contributed by atoms with Crippen LogP contribution in [-0.4, -0.2) is 42.8 Å². The van der Waals surface area contributed by atoms with E-state index < -0.39 is 5.97 Å². The zero-order chi connectivity index (χ0) is 21.6. The summed E-state index contributed by atoms with van der Waals surface area (Å²) < 4.78 is 10.5. The number of nitrogens with one attached hydrogen (secondary N) is 1. The average Bonchev–Trinajstić information content (AvgIpc) is 2.98. The van der Waals surface area contributed by atoms with Crippen LogP contribution in [0.5, 0.6) is 0 Å². The molecule has 2 rings (SSSR count). The first-order chi connectivity index (χ1) is 13.8. The number of rotatable bonds is 9. The van der Waals surface area contributed by atoms with Crippen molar-refractivity contribution in [3.05, 3.63) is 52.3 Å². The molecule has 0 aliphatic heterocycles. The standard InChI is InChI=1S/C22H28N2O5/c1-6-16-8-10-17(11-9-16)12-24(5)13-18(26)23-21-20(22(27)28-7-2)19(14(3)25)15(4)29-21/h8-11H,6-7,12-13H2,1-5H3,(H,23,26). The van der Waals surface area contributed by atoms with Crippen molar-refractivity contribution in [2.24, 2.45) is 0 Å². The van der Waals surface area contributed by atoms with Crippen molar-refractivity contribution in [1.29, 1.82) is 0 Å². The molecule has 0 unspecified atom stereocenters. The van der Waals surface area contributed by atoms with Gasteiger partial charge < -0.3 is 9.15 Å². The van der Waals surface area contributed by atoms with E-state index in [0.717, 1.165) is 12.0 Å². The fraction of sp³-hybridized carbons (Fsp3) is 0.409. The van der Waals surface area contributed by atoms with E-state index in [4.69, 9.17) is 9.15 Å². The van der Waals surface area contributed by atoms with Crippen molar-refractivity contribution in [2.45, 2.75) is 40.7 Å². The molecule has 1 N–H and O–H groups in total. The Balaban J connectivity index is 2.10.